The van der Waals surface area contributed by atoms with Crippen LogP contribution in [0.25, 0.3) is 0 Å². The lowest BCUT2D eigenvalue weighted by atomic mass is 10.1. The van der Waals surface area contributed by atoms with Gasteiger partial charge in [0.15, 0.2) is 0 Å². The summed E-state index contributed by atoms with van der Waals surface area (Å²) in [6.45, 7) is 0.853. The molecule has 0 amide bonds. The Morgan fingerprint density at radius 2 is 2.69 bits per heavy atom. The van der Waals surface area contributed by atoms with Crippen LogP contribution in [0.5, 0.6) is 0 Å². The monoisotopic (exact) mass is 200 g/mol. The molecule has 13 heavy (non-hydrogen) atoms. The summed E-state index contributed by atoms with van der Waals surface area (Å²) in [7, 11) is 0. The molecule has 4 heteroatoms. The number of nitrogens with zero attached hydrogens (tertiary/aromatic N) is 1. The molecule has 0 bridgehead atoms. The molecule has 0 saturated carbocycles. The van der Waals surface area contributed by atoms with Gasteiger partial charge in [-0.1, -0.05) is 0 Å². The Labute approximate surface area is 82.5 Å². The number of alkyl halides is 1. The van der Waals surface area contributed by atoms with Crippen molar-refractivity contribution in [1.29, 1.82) is 0 Å². The first-order chi connectivity index (χ1) is 6.36. The van der Waals surface area contributed by atoms with Crippen molar-refractivity contribution in [3.8, 4) is 0 Å². The van der Waals surface area contributed by atoms with Gasteiger partial charge in [-0.3, -0.25) is 0 Å². The first kappa shape index (κ1) is 9.03. The highest BCUT2D eigenvalue weighted by atomic mass is 35.5. The van der Waals surface area contributed by atoms with Gasteiger partial charge >= 0.3 is 0 Å². The standard InChI is InChI=1S/C9H13ClN2O/c10-7(8-2-1-5-13-8)6-9-11-3-4-12-9/h3-4,7-8H,1-2,5-6H2,(H,11,12). The minimum atomic E-state index is 0.0497. The molecule has 2 atom stereocenters. The summed E-state index contributed by atoms with van der Waals surface area (Å²) in [5.41, 5.74) is 0. The molecule has 0 aliphatic carbocycles. The van der Waals surface area contributed by atoms with Gasteiger partial charge in [0, 0.05) is 25.4 Å². The van der Waals surface area contributed by atoms with E-state index in [0.717, 1.165) is 31.7 Å². The largest absolute Gasteiger partial charge is 0.377 e. The number of aromatic nitrogens is 2. The normalized spacial score (nSPS) is 24.8. The molecule has 0 aromatic carbocycles. The van der Waals surface area contributed by atoms with E-state index in [1.54, 1.807) is 6.20 Å². The molecule has 1 saturated heterocycles. The molecule has 2 unspecified atom stereocenters. The third-order valence-corrected chi connectivity index (χ3v) is 2.75. The summed E-state index contributed by atoms with van der Waals surface area (Å²) in [6.07, 6.45) is 6.75. The molecular weight excluding hydrogens is 188 g/mol. The molecular formula is C9H13ClN2O. The fraction of sp³-hybridized carbons (Fsp3) is 0.667. The van der Waals surface area contributed by atoms with E-state index in [2.05, 4.69) is 9.97 Å². The van der Waals surface area contributed by atoms with Crippen molar-refractivity contribution in [3.63, 3.8) is 0 Å². The van der Waals surface area contributed by atoms with Gasteiger partial charge < -0.3 is 9.72 Å². The maximum absolute atomic E-state index is 6.19. The minimum Gasteiger partial charge on any atom is -0.377 e. The van der Waals surface area contributed by atoms with Crippen molar-refractivity contribution >= 4 is 11.6 Å². The van der Waals surface area contributed by atoms with E-state index in [1.165, 1.54) is 0 Å². The first-order valence-corrected chi connectivity index (χ1v) is 5.04. The Morgan fingerprint density at radius 1 is 1.77 bits per heavy atom. The molecule has 1 N–H and O–H groups in total. The number of halogens is 1. The summed E-state index contributed by atoms with van der Waals surface area (Å²) in [6, 6.07) is 0. The lowest BCUT2D eigenvalue weighted by molar-refractivity contribution is 0.107. The van der Waals surface area contributed by atoms with Gasteiger partial charge in [0.25, 0.3) is 0 Å². The first-order valence-electron chi connectivity index (χ1n) is 4.60. The van der Waals surface area contributed by atoms with Gasteiger partial charge in [0.2, 0.25) is 0 Å². The fourth-order valence-electron chi connectivity index (χ4n) is 1.61. The molecule has 3 nitrogen and oxygen atoms in total. The van der Waals surface area contributed by atoms with E-state index < -0.39 is 0 Å². The predicted molar refractivity (Wildman–Crippen MR) is 50.9 cm³/mol. The van der Waals surface area contributed by atoms with E-state index in [-0.39, 0.29) is 11.5 Å². The average Bonchev–Trinajstić information content (AvgIpc) is 2.74. The van der Waals surface area contributed by atoms with Crippen LogP contribution in [0.15, 0.2) is 12.4 Å². The second-order valence-electron chi connectivity index (χ2n) is 3.31. The van der Waals surface area contributed by atoms with Crippen LogP contribution in [0.3, 0.4) is 0 Å². The Hall–Kier alpha value is -0.540. The maximum atomic E-state index is 6.19. The Morgan fingerprint density at radius 3 is 3.31 bits per heavy atom. The SMILES string of the molecule is ClC(Cc1ncc[nH]1)C1CCCO1. The number of hydrogen-bond acceptors (Lipinski definition) is 2. The summed E-state index contributed by atoms with van der Waals surface area (Å²) < 4.78 is 5.49. The van der Waals surface area contributed by atoms with Gasteiger partial charge in [-0.25, -0.2) is 4.98 Å². The minimum absolute atomic E-state index is 0.0497. The third kappa shape index (κ3) is 2.23. The van der Waals surface area contributed by atoms with E-state index >= 15 is 0 Å². The Kier molecular flexibility index (Phi) is 2.86. The van der Waals surface area contributed by atoms with Crippen molar-refractivity contribution in [3.05, 3.63) is 18.2 Å². The summed E-state index contributed by atoms with van der Waals surface area (Å²) in [5.74, 6) is 0.940. The van der Waals surface area contributed by atoms with Crippen molar-refractivity contribution < 1.29 is 4.74 Å². The van der Waals surface area contributed by atoms with Gasteiger partial charge in [-0.05, 0) is 12.8 Å². The number of imidazole rings is 1. The number of aromatic amines is 1. The Bertz CT molecular complexity index is 244. The highest BCUT2D eigenvalue weighted by Gasteiger charge is 2.24. The second-order valence-corrected chi connectivity index (χ2v) is 3.87. The lowest BCUT2D eigenvalue weighted by Crippen LogP contribution is -2.22. The van der Waals surface area contributed by atoms with E-state index in [9.17, 15) is 0 Å². The van der Waals surface area contributed by atoms with Crippen LogP contribution in [0.1, 0.15) is 18.7 Å². The number of H-pyrrole nitrogens is 1. The van der Waals surface area contributed by atoms with Crippen LogP contribution in [-0.2, 0) is 11.2 Å². The molecule has 1 aliphatic heterocycles. The van der Waals surface area contributed by atoms with E-state index in [0.29, 0.717) is 0 Å². The number of nitrogens with one attached hydrogen (secondary N) is 1. The molecule has 1 fully saturated rings. The smallest absolute Gasteiger partial charge is 0.107 e. The van der Waals surface area contributed by atoms with Gasteiger partial charge in [0.1, 0.15) is 5.82 Å². The van der Waals surface area contributed by atoms with Gasteiger partial charge in [0.05, 0.1) is 11.5 Å². The molecule has 0 spiro atoms. The quantitative estimate of drug-likeness (QED) is 0.755. The summed E-state index contributed by atoms with van der Waals surface area (Å²) in [5, 5.41) is 0.0497. The van der Waals surface area contributed by atoms with Crippen LogP contribution in [-0.4, -0.2) is 28.1 Å². The average molecular weight is 201 g/mol. The van der Waals surface area contributed by atoms with Gasteiger partial charge in [-0.15, -0.1) is 11.6 Å². The zero-order chi connectivity index (χ0) is 9.10. The lowest BCUT2D eigenvalue weighted by Gasteiger charge is -2.14. The van der Waals surface area contributed by atoms with Crippen LogP contribution < -0.4 is 0 Å². The topological polar surface area (TPSA) is 37.9 Å². The predicted octanol–water partition coefficient (Wildman–Crippen LogP) is 1.74. The molecule has 1 aromatic heterocycles. The zero-order valence-corrected chi connectivity index (χ0v) is 8.13. The van der Waals surface area contributed by atoms with Crippen molar-refractivity contribution in [2.75, 3.05) is 6.61 Å². The summed E-state index contributed by atoms with van der Waals surface area (Å²) in [4.78, 5) is 7.17. The van der Waals surface area contributed by atoms with E-state index in [4.69, 9.17) is 16.3 Å². The van der Waals surface area contributed by atoms with Crippen molar-refractivity contribution in [2.24, 2.45) is 0 Å². The Balaban J connectivity index is 1.87. The van der Waals surface area contributed by atoms with Crippen LogP contribution in [0.4, 0.5) is 0 Å². The highest BCUT2D eigenvalue weighted by molar-refractivity contribution is 6.21. The maximum Gasteiger partial charge on any atom is 0.107 e. The van der Waals surface area contributed by atoms with Crippen LogP contribution in [0, 0.1) is 0 Å². The molecule has 72 valence electrons. The number of rotatable bonds is 3. The van der Waals surface area contributed by atoms with Crippen molar-refractivity contribution in [2.45, 2.75) is 30.7 Å². The number of ether oxygens (including phenoxy) is 1. The molecule has 0 radical (unpaired) electrons. The molecule has 1 aliphatic rings. The molecule has 2 rings (SSSR count). The zero-order valence-electron chi connectivity index (χ0n) is 7.37. The number of hydrogen-bond donors (Lipinski definition) is 1. The van der Waals surface area contributed by atoms with Crippen LogP contribution >= 0.6 is 11.6 Å². The fourth-order valence-corrected chi connectivity index (χ4v) is 1.96. The van der Waals surface area contributed by atoms with E-state index in [1.807, 2.05) is 6.20 Å². The van der Waals surface area contributed by atoms with Crippen LogP contribution in [0.2, 0.25) is 0 Å². The van der Waals surface area contributed by atoms with Crippen molar-refractivity contribution in [1.82, 2.24) is 9.97 Å². The summed E-state index contributed by atoms with van der Waals surface area (Å²) >= 11 is 6.19. The molecule has 1 aromatic rings. The second kappa shape index (κ2) is 4.11. The third-order valence-electron chi connectivity index (χ3n) is 2.31. The molecule has 2 heterocycles. The highest BCUT2D eigenvalue weighted by Crippen LogP contribution is 2.21. The van der Waals surface area contributed by atoms with Gasteiger partial charge in [-0.2, -0.15) is 0 Å².